The van der Waals surface area contributed by atoms with E-state index in [2.05, 4.69) is 11.7 Å². The van der Waals surface area contributed by atoms with Gasteiger partial charge in [0.05, 0.1) is 13.2 Å². The summed E-state index contributed by atoms with van der Waals surface area (Å²) in [5.41, 5.74) is -0.596. The van der Waals surface area contributed by atoms with Crippen LogP contribution in [0.4, 0.5) is 39.5 Å². The molecule has 0 N–H and O–H groups in total. The number of hydrogen-bond donors (Lipinski definition) is 0. The van der Waals surface area contributed by atoms with Crippen molar-refractivity contribution < 1.29 is 53.7 Å². The minimum atomic E-state index is -4.72. The highest BCUT2D eigenvalue weighted by molar-refractivity contribution is 5.67. The Morgan fingerprint density at radius 1 is 0.740 bits per heavy atom. The Bertz CT molecular complexity index is 1750. The Labute approximate surface area is 283 Å². The Hall–Kier alpha value is -4.29. The number of halogens is 9. The molecule has 0 atom stereocenters. The van der Waals surface area contributed by atoms with Crippen LogP contribution >= 0.6 is 0 Å². The lowest BCUT2D eigenvalue weighted by atomic mass is 10.00. The van der Waals surface area contributed by atoms with Crippen LogP contribution in [-0.2, 0) is 22.0 Å². The van der Waals surface area contributed by atoms with E-state index in [-0.39, 0.29) is 36.1 Å². The maximum atomic E-state index is 15.0. The first-order valence-corrected chi connectivity index (χ1v) is 16.0. The highest BCUT2D eigenvalue weighted by Gasteiger charge is 2.41. The Morgan fingerprint density at radius 3 is 1.92 bits per heavy atom. The van der Waals surface area contributed by atoms with Crippen molar-refractivity contribution in [3.8, 4) is 16.9 Å². The predicted octanol–water partition coefficient (Wildman–Crippen LogP) is 11.3. The molecule has 12 heteroatoms. The smallest absolute Gasteiger partial charge is 0.429 e. The fraction of sp³-hybridized carbons (Fsp3) is 0.316. The third-order valence-corrected chi connectivity index (χ3v) is 8.26. The van der Waals surface area contributed by atoms with Crippen LogP contribution in [0.3, 0.4) is 0 Å². The molecule has 5 rings (SSSR count). The SMILES string of the molecule is CCCCCC1COC(c2ccc(-c3cc(F)c(C=CCCc4cc(F)c(C(F)(F)Oc5cc(F)c(F)c(F)c5)c(F)c4)c(F)c3)cc2)OC1. The maximum Gasteiger partial charge on any atom is 0.432 e. The lowest BCUT2D eigenvalue weighted by molar-refractivity contribution is -0.206. The minimum Gasteiger partial charge on any atom is -0.429 e. The Balaban J connectivity index is 1.18. The number of unbranched alkanes of at least 4 members (excludes halogenated alkanes) is 2. The highest BCUT2D eigenvalue weighted by atomic mass is 19.3. The second-order valence-corrected chi connectivity index (χ2v) is 12.0. The standard InChI is InChI=1S/C38H33F9O3/c1-2-3-4-8-23-20-48-37(49-21-23)25-12-10-24(11-13-25)26-16-29(39)28(30(40)17-26)9-6-5-7-22-14-31(41)35(32(42)15-22)38(46,47)50-27-18-33(43)36(45)34(44)19-27/h6,9-19,23,37H,2-5,7-8,20-21H2,1H3. The maximum absolute atomic E-state index is 15.0. The molecule has 3 nitrogen and oxygen atoms in total. The van der Waals surface area contributed by atoms with E-state index in [1.807, 2.05) is 0 Å². The van der Waals surface area contributed by atoms with Crippen molar-refractivity contribution in [3.05, 3.63) is 130 Å². The molecule has 4 aromatic rings. The molecule has 0 saturated carbocycles. The molecule has 0 aliphatic carbocycles. The molecule has 1 saturated heterocycles. The van der Waals surface area contributed by atoms with Gasteiger partial charge < -0.3 is 14.2 Å². The first-order valence-electron chi connectivity index (χ1n) is 16.0. The van der Waals surface area contributed by atoms with Crippen molar-refractivity contribution >= 4 is 6.08 Å². The molecular formula is C38H33F9O3. The van der Waals surface area contributed by atoms with Crippen LogP contribution in [-0.4, -0.2) is 13.2 Å². The number of aryl methyl sites for hydroxylation is 1. The third kappa shape index (κ3) is 8.89. The van der Waals surface area contributed by atoms with Crippen molar-refractivity contribution in [2.75, 3.05) is 13.2 Å². The van der Waals surface area contributed by atoms with E-state index in [9.17, 15) is 39.5 Å². The number of ether oxygens (including phenoxy) is 3. The minimum absolute atomic E-state index is 0.0200. The van der Waals surface area contributed by atoms with Gasteiger partial charge in [-0.3, -0.25) is 0 Å². The Kier molecular flexibility index (Phi) is 11.9. The van der Waals surface area contributed by atoms with E-state index in [0.29, 0.717) is 42.4 Å². The molecule has 0 amide bonds. The number of rotatable bonds is 13. The number of benzene rings is 4. The van der Waals surface area contributed by atoms with E-state index < -0.39 is 64.4 Å². The van der Waals surface area contributed by atoms with Gasteiger partial charge in [-0.25, -0.2) is 30.7 Å². The van der Waals surface area contributed by atoms with Gasteiger partial charge in [-0.2, -0.15) is 8.78 Å². The van der Waals surface area contributed by atoms with Gasteiger partial charge in [0.2, 0.25) is 0 Å². The largest absolute Gasteiger partial charge is 0.432 e. The predicted molar refractivity (Wildman–Crippen MR) is 169 cm³/mol. The normalized spacial score (nSPS) is 16.7. The molecule has 1 heterocycles. The van der Waals surface area contributed by atoms with Gasteiger partial charge in [0.15, 0.2) is 23.7 Å². The highest BCUT2D eigenvalue weighted by Crippen LogP contribution is 2.37. The number of alkyl halides is 2. The zero-order chi connectivity index (χ0) is 36.0. The van der Waals surface area contributed by atoms with Crippen LogP contribution in [0, 0.1) is 46.6 Å². The third-order valence-electron chi connectivity index (χ3n) is 8.26. The van der Waals surface area contributed by atoms with Crippen molar-refractivity contribution in [2.45, 2.75) is 57.8 Å². The molecule has 0 unspecified atom stereocenters. The van der Waals surface area contributed by atoms with Crippen molar-refractivity contribution in [1.29, 1.82) is 0 Å². The van der Waals surface area contributed by atoms with E-state index in [0.717, 1.165) is 30.9 Å². The van der Waals surface area contributed by atoms with Crippen molar-refractivity contribution in [1.82, 2.24) is 0 Å². The molecule has 1 fully saturated rings. The first kappa shape index (κ1) is 37.0. The lowest BCUT2D eigenvalue weighted by Gasteiger charge is -2.29. The first-order chi connectivity index (χ1) is 23.9. The summed E-state index contributed by atoms with van der Waals surface area (Å²) < 4.78 is 144. The van der Waals surface area contributed by atoms with Crippen molar-refractivity contribution in [3.63, 3.8) is 0 Å². The van der Waals surface area contributed by atoms with Gasteiger partial charge in [-0.05, 0) is 60.2 Å². The van der Waals surface area contributed by atoms with E-state index in [1.165, 1.54) is 24.6 Å². The molecule has 50 heavy (non-hydrogen) atoms. The molecule has 4 aromatic carbocycles. The van der Waals surface area contributed by atoms with Crippen LogP contribution in [0.5, 0.6) is 5.75 Å². The fourth-order valence-electron chi connectivity index (χ4n) is 5.62. The quantitative estimate of drug-likeness (QED) is 0.0786. The van der Waals surface area contributed by atoms with Gasteiger partial charge in [0, 0.05) is 29.2 Å². The topological polar surface area (TPSA) is 27.7 Å². The zero-order valence-corrected chi connectivity index (χ0v) is 26.9. The van der Waals surface area contributed by atoms with Gasteiger partial charge in [0.1, 0.15) is 34.6 Å². The summed E-state index contributed by atoms with van der Waals surface area (Å²) in [6.07, 6.45) is 1.70. The molecule has 0 radical (unpaired) electrons. The summed E-state index contributed by atoms with van der Waals surface area (Å²) in [5.74, 6) is -11.6. The van der Waals surface area contributed by atoms with Crippen LogP contribution in [0.2, 0.25) is 0 Å². The fourth-order valence-corrected chi connectivity index (χ4v) is 5.62. The molecule has 0 bridgehead atoms. The van der Waals surface area contributed by atoms with Gasteiger partial charge in [-0.1, -0.05) is 62.6 Å². The van der Waals surface area contributed by atoms with Crippen molar-refractivity contribution in [2.24, 2.45) is 5.92 Å². The number of allylic oxidation sites excluding steroid dienone is 1. The molecule has 1 aliphatic rings. The lowest BCUT2D eigenvalue weighted by Crippen LogP contribution is -2.27. The second kappa shape index (κ2) is 16.2. The molecule has 0 aromatic heterocycles. The summed E-state index contributed by atoms with van der Waals surface area (Å²) in [4.78, 5) is 0. The molecule has 1 aliphatic heterocycles. The number of hydrogen-bond acceptors (Lipinski definition) is 3. The van der Waals surface area contributed by atoms with E-state index in [1.54, 1.807) is 24.3 Å². The summed E-state index contributed by atoms with van der Waals surface area (Å²) >= 11 is 0. The molecular weight excluding hydrogens is 675 g/mol. The van der Waals surface area contributed by atoms with Crippen LogP contribution in [0.1, 0.15) is 67.6 Å². The van der Waals surface area contributed by atoms with Gasteiger partial charge >= 0.3 is 6.11 Å². The van der Waals surface area contributed by atoms with E-state index >= 15 is 0 Å². The second-order valence-electron chi connectivity index (χ2n) is 12.0. The monoisotopic (exact) mass is 708 g/mol. The van der Waals surface area contributed by atoms with Gasteiger partial charge in [0.25, 0.3) is 0 Å². The van der Waals surface area contributed by atoms with Crippen LogP contribution in [0.15, 0.2) is 66.7 Å². The summed E-state index contributed by atoms with van der Waals surface area (Å²) in [6, 6.07) is 10.8. The Morgan fingerprint density at radius 2 is 1.34 bits per heavy atom. The summed E-state index contributed by atoms with van der Waals surface area (Å²) in [7, 11) is 0. The molecule has 266 valence electrons. The average molecular weight is 709 g/mol. The average Bonchev–Trinajstić information content (AvgIpc) is 3.06. The van der Waals surface area contributed by atoms with Gasteiger partial charge in [-0.15, -0.1) is 0 Å². The molecule has 0 spiro atoms. The summed E-state index contributed by atoms with van der Waals surface area (Å²) in [6.45, 7) is 3.36. The van der Waals surface area contributed by atoms with E-state index in [4.69, 9.17) is 9.47 Å². The van der Waals surface area contributed by atoms with Crippen LogP contribution < -0.4 is 4.74 Å². The summed E-state index contributed by atoms with van der Waals surface area (Å²) in [5, 5.41) is 0. The zero-order valence-electron chi connectivity index (χ0n) is 26.9. The van der Waals surface area contributed by atoms with Crippen LogP contribution in [0.25, 0.3) is 17.2 Å².